The SMILES string of the molecule is CCS(=O)(=O)c1nc(-c2ccc(OC)cc2)oc1S(C)(=O)=O. The van der Waals surface area contributed by atoms with E-state index in [1.165, 1.54) is 14.0 Å². The highest BCUT2D eigenvalue weighted by Gasteiger charge is 2.30. The van der Waals surface area contributed by atoms with Gasteiger partial charge in [-0.1, -0.05) is 6.92 Å². The number of hydrogen-bond donors (Lipinski definition) is 0. The summed E-state index contributed by atoms with van der Waals surface area (Å²) < 4.78 is 57.7. The Morgan fingerprint density at radius 1 is 1.14 bits per heavy atom. The second-order valence-electron chi connectivity index (χ2n) is 4.52. The number of methoxy groups -OCH3 is 1. The number of aromatic nitrogens is 1. The summed E-state index contributed by atoms with van der Waals surface area (Å²) in [7, 11) is -6.17. The van der Waals surface area contributed by atoms with Crippen molar-refractivity contribution in [2.75, 3.05) is 19.1 Å². The fraction of sp³-hybridized carbons (Fsp3) is 0.308. The second-order valence-corrected chi connectivity index (χ2v) is 8.62. The number of hydrogen-bond acceptors (Lipinski definition) is 7. The lowest BCUT2D eigenvalue weighted by Gasteiger charge is -1.99. The van der Waals surface area contributed by atoms with Gasteiger partial charge in [0.25, 0.3) is 5.09 Å². The summed E-state index contributed by atoms with van der Waals surface area (Å²) >= 11 is 0. The van der Waals surface area contributed by atoms with Crippen LogP contribution in [0.25, 0.3) is 11.5 Å². The van der Waals surface area contributed by atoms with E-state index in [-0.39, 0.29) is 11.6 Å². The van der Waals surface area contributed by atoms with Crippen LogP contribution in [-0.4, -0.2) is 40.9 Å². The van der Waals surface area contributed by atoms with E-state index in [4.69, 9.17) is 9.15 Å². The fourth-order valence-electron chi connectivity index (χ4n) is 1.72. The standard InChI is InChI=1S/C13H15NO6S2/c1-4-22(17,18)12-13(21(3,15)16)20-11(14-12)9-5-7-10(19-2)8-6-9/h5-8H,4H2,1-3H3. The summed E-state index contributed by atoms with van der Waals surface area (Å²) in [6.07, 6.45) is 0.875. The molecule has 9 heteroatoms. The van der Waals surface area contributed by atoms with E-state index in [0.29, 0.717) is 11.3 Å². The van der Waals surface area contributed by atoms with Crippen LogP contribution >= 0.6 is 0 Å². The third-order valence-electron chi connectivity index (χ3n) is 2.92. The van der Waals surface area contributed by atoms with E-state index >= 15 is 0 Å². The number of nitrogens with zero attached hydrogens (tertiary/aromatic N) is 1. The first-order chi connectivity index (χ1) is 10.2. The summed E-state index contributed by atoms with van der Waals surface area (Å²) in [5.41, 5.74) is 0.447. The van der Waals surface area contributed by atoms with Crippen molar-refractivity contribution in [3.8, 4) is 17.2 Å². The molecular formula is C13H15NO6S2. The van der Waals surface area contributed by atoms with Crippen LogP contribution < -0.4 is 4.74 Å². The Hall–Kier alpha value is -1.87. The minimum Gasteiger partial charge on any atom is -0.497 e. The molecule has 0 aliphatic heterocycles. The largest absolute Gasteiger partial charge is 0.497 e. The molecule has 22 heavy (non-hydrogen) atoms. The molecule has 2 aromatic rings. The van der Waals surface area contributed by atoms with E-state index in [1.807, 2.05) is 0 Å². The molecule has 0 fully saturated rings. The van der Waals surface area contributed by atoms with Crippen LogP contribution in [0.1, 0.15) is 6.92 Å². The molecule has 0 amide bonds. The molecule has 1 aromatic carbocycles. The van der Waals surface area contributed by atoms with Crippen LogP contribution in [0.4, 0.5) is 0 Å². The highest BCUT2D eigenvalue weighted by Crippen LogP contribution is 2.29. The van der Waals surface area contributed by atoms with Gasteiger partial charge in [0.2, 0.25) is 20.8 Å². The van der Waals surface area contributed by atoms with E-state index in [2.05, 4.69) is 4.98 Å². The van der Waals surface area contributed by atoms with Crippen LogP contribution in [0.15, 0.2) is 38.8 Å². The van der Waals surface area contributed by atoms with E-state index < -0.39 is 29.8 Å². The van der Waals surface area contributed by atoms with Gasteiger partial charge in [-0.3, -0.25) is 0 Å². The lowest BCUT2D eigenvalue weighted by Crippen LogP contribution is -2.09. The van der Waals surface area contributed by atoms with Crippen molar-refractivity contribution in [3.63, 3.8) is 0 Å². The molecule has 0 radical (unpaired) electrons. The Bertz CT molecular complexity index is 879. The van der Waals surface area contributed by atoms with Crippen LogP contribution in [0, 0.1) is 0 Å². The number of oxazole rings is 1. The third-order valence-corrected chi connectivity index (χ3v) is 5.62. The van der Waals surface area contributed by atoms with Gasteiger partial charge in [0.05, 0.1) is 12.9 Å². The normalized spacial score (nSPS) is 12.3. The van der Waals surface area contributed by atoms with Crippen molar-refractivity contribution in [2.24, 2.45) is 0 Å². The first-order valence-electron chi connectivity index (χ1n) is 6.27. The molecule has 7 nitrogen and oxygen atoms in total. The molecule has 2 rings (SSSR count). The van der Waals surface area contributed by atoms with Gasteiger partial charge in [-0.2, -0.15) is 4.98 Å². The van der Waals surface area contributed by atoms with Gasteiger partial charge in [0.15, 0.2) is 9.84 Å². The van der Waals surface area contributed by atoms with Gasteiger partial charge in [0.1, 0.15) is 5.75 Å². The molecule has 0 unspecified atom stereocenters. The number of rotatable bonds is 5. The highest BCUT2D eigenvalue weighted by molar-refractivity contribution is 7.94. The van der Waals surface area contributed by atoms with Crippen LogP contribution in [0.3, 0.4) is 0 Å². The molecule has 120 valence electrons. The van der Waals surface area contributed by atoms with Crippen LogP contribution in [0.2, 0.25) is 0 Å². The minimum absolute atomic E-state index is 0.0740. The Morgan fingerprint density at radius 3 is 2.18 bits per heavy atom. The quantitative estimate of drug-likeness (QED) is 0.809. The predicted molar refractivity (Wildman–Crippen MR) is 79.3 cm³/mol. The van der Waals surface area contributed by atoms with Crippen LogP contribution in [0.5, 0.6) is 5.75 Å². The second kappa shape index (κ2) is 5.73. The summed E-state index contributed by atoms with van der Waals surface area (Å²) in [6, 6.07) is 6.46. The van der Waals surface area contributed by atoms with Crippen molar-refractivity contribution in [1.29, 1.82) is 0 Å². The average molecular weight is 345 g/mol. The predicted octanol–water partition coefficient (Wildman–Crippen LogP) is 1.55. The fourth-order valence-corrected chi connectivity index (χ4v) is 3.94. The molecule has 0 spiro atoms. The maximum absolute atomic E-state index is 12.0. The van der Waals surface area contributed by atoms with Crippen molar-refractivity contribution in [1.82, 2.24) is 4.98 Å². The van der Waals surface area contributed by atoms with Gasteiger partial charge >= 0.3 is 0 Å². The Balaban J connectivity index is 2.64. The Labute approximate surface area is 128 Å². The van der Waals surface area contributed by atoms with Crippen molar-refractivity contribution >= 4 is 19.7 Å². The zero-order valence-corrected chi connectivity index (χ0v) is 13.9. The summed E-state index contributed by atoms with van der Waals surface area (Å²) in [5, 5.41) is -1.19. The molecule has 0 bridgehead atoms. The maximum atomic E-state index is 12.0. The summed E-state index contributed by atoms with van der Waals surface area (Å²) in [6.45, 7) is 1.41. The van der Waals surface area contributed by atoms with E-state index in [1.54, 1.807) is 24.3 Å². The molecule has 0 aliphatic carbocycles. The molecular weight excluding hydrogens is 330 g/mol. The number of ether oxygens (including phenoxy) is 1. The van der Waals surface area contributed by atoms with E-state index in [0.717, 1.165) is 6.26 Å². The zero-order valence-electron chi connectivity index (χ0n) is 12.2. The van der Waals surface area contributed by atoms with Crippen molar-refractivity contribution in [3.05, 3.63) is 24.3 Å². The molecule has 0 saturated carbocycles. The highest BCUT2D eigenvalue weighted by atomic mass is 32.2. The first kappa shape index (κ1) is 16.5. The first-order valence-corrected chi connectivity index (χ1v) is 9.81. The molecule has 1 heterocycles. The van der Waals surface area contributed by atoms with Gasteiger partial charge in [0, 0.05) is 11.8 Å². The molecule has 1 aromatic heterocycles. The maximum Gasteiger partial charge on any atom is 0.257 e. The zero-order chi connectivity index (χ0) is 16.5. The van der Waals surface area contributed by atoms with Crippen LogP contribution in [-0.2, 0) is 19.7 Å². The molecule has 0 aliphatic rings. The van der Waals surface area contributed by atoms with E-state index in [9.17, 15) is 16.8 Å². The monoisotopic (exact) mass is 345 g/mol. The summed E-state index contributed by atoms with van der Waals surface area (Å²) in [5.74, 6) is 0.250. The third kappa shape index (κ3) is 3.14. The smallest absolute Gasteiger partial charge is 0.257 e. The summed E-state index contributed by atoms with van der Waals surface area (Å²) in [4.78, 5) is 3.87. The van der Waals surface area contributed by atoms with Gasteiger partial charge < -0.3 is 9.15 Å². The van der Waals surface area contributed by atoms with Gasteiger partial charge in [-0.15, -0.1) is 0 Å². The molecule has 0 saturated heterocycles. The molecule has 0 N–H and O–H groups in total. The average Bonchev–Trinajstić information content (AvgIpc) is 2.93. The Kier molecular flexibility index (Phi) is 4.30. The van der Waals surface area contributed by atoms with Crippen molar-refractivity contribution in [2.45, 2.75) is 17.0 Å². The number of benzene rings is 1. The minimum atomic E-state index is -3.86. The van der Waals surface area contributed by atoms with Gasteiger partial charge in [-0.05, 0) is 24.3 Å². The lowest BCUT2D eigenvalue weighted by molar-refractivity contribution is 0.414. The van der Waals surface area contributed by atoms with Crippen molar-refractivity contribution < 1.29 is 26.0 Å². The number of sulfone groups is 2. The van der Waals surface area contributed by atoms with Gasteiger partial charge in [-0.25, -0.2) is 16.8 Å². The lowest BCUT2D eigenvalue weighted by atomic mass is 10.2. The topological polar surface area (TPSA) is 104 Å². The Morgan fingerprint density at radius 2 is 1.73 bits per heavy atom. The molecule has 0 atom stereocenters.